The average molecular weight is 459 g/mol. The highest BCUT2D eigenvalue weighted by Gasteiger charge is 2.15. The van der Waals surface area contributed by atoms with Crippen molar-refractivity contribution < 1.29 is 4.79 Å². The molecule has 0 saturated heterocycles. The molecule has 0 aliphatic heterocycles. The molecule has 0 spiro atoms. The molecule has 0 radical (unpaired) electrons. The van der Waals surface area contributed by atoms with Gasteiger partial charge in [-0.15, -0.1) is 11.3 Å². The van der Waals surface area contributed by atoms with E-state index in [1.165, 1.54) is 11.3 Å². The van der Waals surface area contributed by atoms with Gasteiger partial charge in [-0.1, -0.05) is 43.5 Å². The third-order valence-electron chi connectivity index (χ3n) is 1.99. The van der Waals surface area contributed by atoms with Crippen molar-refractivity contribution in [1.29, 1.82) is 0 Å². The summed E-state index contributed by atoms with van der Waals surface area (Å²) >= 11 is 17.2. The van der Waals surface area contributed by atoms with Gasteiger partial charge in [0, 0.05) is 19.0 Å². The van der Waals surface area contributed by atoms with Crippen molar-refractivity contribution in [3.05, 3.63) is 52.5 Å². The highest BCUT2D eigenvalue weighted by atomic mass is 79.9. The fourth-order valence-electron chi connectivity index (χ4n) is 1.29. The first-order chi connectivity index (χ1) is 7.97. The molecule has 0 atom stereocenters. The molecule has 0 bridgehead atoms. The van der Waals surface area contributed by atoms with Crippen molar-refractivity contribution in [2.24, 2.45) is 0 Å². The normalized spacial score (nSPS) is 10.6. The summed E-state index contributed by atoms with van der Waals surface area (Å²) in [5, 5.41) is 0. The van der Waals surface area contributed by atoms with E-state index in [9.17, 15) is 4.79 Å². The first-order valence-corrected chi connectivity index (χ1v) is 8.00. The monoisotopic (exact) mass is 456 g/mol. The minimum absolute atomic E-state index is 0.0374. The topological polar surface area (TPSA) is 17.1 Å². The number of rotatable bonds is 2. The lowest BCUT2D eigenvalue weighted by Crippen LogP contribution is -1.98. The summed E-state index contributed by atoms with van der Waals surface area (Å²) in [6.07, 6.45) is 0. The van der Waals surface area contributed by atoms with Crippen molar-refractivity contribution in [3.63, 3.8) is 0 Å². The zero-order chi connectivity index (χ0) is 12.6. The Bertz CT molecular complexity index is 555. The summed E-state index contributed by atoms with van der Waals surface area (Å²) in [5.41, 5.74) is 0.622. The fourth-order valence-corrected chi connectivity index (χ4v) is 4.24. The number of hydrogen-bond acceptors (Lipinski definition) is 2. The summed E-state index contributed by atoms with van der Waals surface area (Å²) in [4.78, 5) is 12.8. The van der Waals surface area contributed by atoms with Gasteiger partial charge in [0.2, 0.25) is 5.78 Å². The Kier molecular flexibility index (Phi) is 4.47. The van der Waals surface area contributed by atoms with Gasteiger partial charge in [0.25, 0.3) is 0 Å². The third-order valence-corrected chi connectivity index (χ3v) is 5.38. The molecule has 2 aromatic rings. The average Bonchev–Trinajstić information content (AvgIpc) is 2.57. The predicted octanol–water partition coefficient (Wildman–Crippen LogP) is 5.92. The van der Waals surface area contributed by atoms with Crippen LogP contribution in [0.15, 0.2) is 37.7 Å². The molecular formula is C11H4Br3ClOS. The quantitative estimate of drug-likeness (QED) is 0.510. The molecule has 1 aromatic carbocycles. The van der Waals surface area contributed by atoms with Crippen molar-refractivity contribution >= 4 is 76.5 Å². The lowest BCUT2D eigenvalue weighted by Gasteiger charge is -2.00. The van der Waals surface area contributed by atoms with Gasteiger partial charge in [-0.3, -0.25) is 4.79 Å². The van der Waals surface area contributed by atoms with Crippen molar-refractivity contribution in [2.75, 3.05) is 0 Å². The van der Waals surface area contributed by atoms with Crippen LogP contribution in [-0.4, -0.2) is 5.78 Å². The van der Waals surface area contributed by atoms with Gasteiger partial charge in [0.15, 0.2) is 0 Å². The van der Waals surface area contributed by atoms with Crippen molar-refractivity contribution in [1.82, 2.24) is 0 Å². The maximum Gasteiger partial charge on any atom is 0.203 e. The standard InChI is InChI=1S/C11H4Br3ClOS/c12-6-1-5(2-7(13)3-6)10(16)9-4-8(14)11(15)17-9/h1-4H. The Hall–Kier alpha value is 0.320. The molecule has 0 N–H and O–H groups in total. The van der Waals surface area contributed by atoms with E-state index >= 15 is 0 Å². The first-order valence-electron chi connectivity index (χ1n) is 4.43. The molecule has 0 aliphatic rings. The summed E-state index contributed by atoms with van der Waals surface area (Å²) in [5.74, 6) is -0.0374. The second kappa shape index (κ2) is 5.53. The Morgan fingerprint density at radius 3 is 2.12 bits per heavy atom. The summed E-state index contributed by atoms with van der Waals surface area (Å²) in [7, 11) is 0. The lowest BCUT2D eigenvalue weighted by atomic mass is 10.1. The third kappa shape index (κ3) is 3.20. The molecule has 0 saturated carbocycles. The molecule has 1 aromatic heterocycles. The van der Waals surface area contributed by atoms with Crippen LogP contribution in [-0.2, 0) is 0 Å². The van der Waals surface area contributed by atoms with E-state index in [4.69, 9.17) is 11.6 Å². The summed E-state index contributed by atoms with van der Waals surface area (Å²) in [6, 6.07) is 7.20. The summed E-state index contributed by atoms with van der Waals surface area (Å²) < 4.78 is 3.05. The number of thiophene rings is 1. The highest BCUT2D eigenvalue weighted by molar-refractivity contribution is 9.11. The fraction of sp³-hybridized carbons (Fsp3) is 0. The maximum absolute atomic E-state index is 12.2. The Labute approximate surface area is 133 Å². The molecule has 0 fully saturated rings. The molecule has 88 valence electrons. The zero-order valence-electron chi connectivity index (χ0n) is 8.14. The number of ketones is 1. The van der Waals surface area contributed by atoms with Gasteiger partial charge in [-0.25, -0.2) is 0 Å². The number of carbonyl (C=O) groups excluding carboxylic acids is 1. The van der Waals surface area contributed by atoms with Gasteiger partial charge >= 0.3 is 0 Å². The van der Waals surface area contributed by atoms with Crippen LogP contribution in [0.25, 0.3) is 0 Å². The molecule has 2 rings (SSSR count). The van der Waals surface area contributed by atoms with E-state index in [0.29, 0.717) is 14.8 Å². The van der Waals surface area contributed by atoms with Crippen LogP contribution >= 0.6 is 70.7 Å². The zero-order valence-corrected chi connectivity index (χ0v) is 14.5. The molecule has 1 heterocycles. The van der Waals surface area contributed by atoms with E-state index in [-0.39, 0.29) is 5.78 Å². The molecule has 1 nitrogen and oxygen atoms in total. The molecule has 6 heteroatoms. The van der Waals surface area contributed by atoms with E-state index in [0.717, 1.165) is 13.4 Å². The molecule has 0 amide bonds. The number of hydrogen-bond donors (Lipinski definition) is 0. The van der Waals surface area contributed by atoms with Crippen LogP contribution < -0.4 is 0 Å². The minimum Gasteiger partial charge on any atom is -0.288 e. The first kappa shape index (κ1) is 13.7. The molecule has 0 unspecified atom stereocenters. The van der Waals surface area contributed by atoms with Crippen LogP contribution in [0.4, 0.5) is 0 Å². The number of benzene rings is 1. The Morgan fingerprint density at radius 1 is 1.06 bits per heavy atom. The maximum atomic E-state index is 12.2. The van der Waals surface area contributed by atoms with Gasteiger partial charge in [-0.2, -0.15) is 0 Å². The van der Waals surface area contributed by atoms with E-state index in [2.05, 4.69) is 47.8 Å². The molecule has 17 heavy (non-hydrogen) atoms. The van der Waals surface area contributed by atoms with Crippen LogP contribution in [0, 0.1) is 0 Å². The molecular weight excluding hydrogens is 455 g/mol. The largest absolute Gasteiger partial charge is 0.288 e. The van der Waals surface area contributed by atoms with Crippen LogP contribution in [0.2, 0.25) is 4.34 Å². The summed E-state index contributed by atoms with van der Waals surface area (Å²) in [6.45, 7) is 0. The predicted molar refractivity (Wildman–Crippen MR) is 82.3 cm³/mol. The van der Waals surface area contributed by atoms with E-state index in [1.807, 2.05) is 6.07 Å². The second-order valence-corrected chi connectivity index (χ2v) is 7.56. The van der Waals surface area contributed by atoms with Crippen LogP contribution in [0.5, 0.6) is 0 Å². The van der Waals surface area contributed by atoms with E-state index < -0.39 is 0 Å². The van der Waals surface area contributed by atoms with E-state index in [1.54, 1.807) is 18.2 Å². The highest BCUT2D eigenvalue weighted by Crippen LogP contribution is 2.33. The van der Waals surface area contributed by atoms with Crippen molar-refractivity contribution in [2.45, 2.75) is 0 Å². The Balaban J connectivity index is 2.43. The number of carbonyl (C=O) groups is 1. The van der Waals surface area contributed by atoms with Gasteiger partial charge in [-0.05, 0) is 40.2 Å². The smallest absolute Gasteiger partial charge is 0.203 e. The van der Waals surface area contributed by atoms with Crippen LogP contribution in [0.1, 0.15) is 15.2 Å². The van der Waals surface area contributed by atoms with Gasteiger partial charge in [0.05, 0.1) is 4.88 Å². The minimum atomic E-state index is -0.0374. The molecule has 0 aliphatic carbocycles. The van der Waals surface area contributed by atoms with Gasteiger partial charge in [0.1, 0.15) is 4.34 Å². The van der Waals surface area contributed by atoms with Crippen molar-refractivity contribution in [3.8, 4) is 0 Å². The SMILES string of the molecule is O=C(c1cc(Br)cc(Br)c1)c1cc(Br)c(Cl)s1. The second-order valence-electron chi connectivity index (χ2n) is 3.22. The lowest BCUT2D eigenvalue weighted by molar-refractivity contribution is 0.104. The number of halogens is 4. The van der Waals surface area contributed by atoms with Crippen LogP contribution in [0.3, 0.4) is 0 Å². The Morgan fingerprint density at radius 2 is 1.65 bits per heavy atom. The van der Waals surface area contributed by atoms with Gasteiger partial charge < -0.3 is 0 Å².